The Morgan fingerprint density at radius 2 is 1.59 bits per heavy atom. The molecule has 2 amide bonds. The number of quaternary nitrogens is 1. The second-order valence-corrected chi connectivity index (χ2v) is 6.08. The fourth-order valence-electron chi connectivity index (χ4n) is 2.95. The zero-order valence-corrected chi connectivity index (χ0v) is 13.2. The Hall–Kier alpha value is -1.88. The summed E-state index contributed by atoms with van der Waals surface area (Å²) >= 11 is 0. The van der Waals surface area contributed by atoms with Crippen molar-refractivity contribution in [3.05, 3.63) is 29.8 Å². The molecule has 2 rings (SSSR count). The summed E-state index contributed by atoms with van der Waals surface area (Å²) in [4.78, 5) is 24.8. The maximum absolute atomic E-state index is 12.4. The largest absolute Gasteiger partial charge is 0.366 e. The van der Waals surface area contributed by atoms with Gasteiger partial charge in [0.1, 0.15) is 0 Å². The quantitative estimate of drug-likeness (QED) is 0.775. The van der Waals surface area contributed by atoms with E-state index < -0.39 is 5.91 Å². The lowest BCUT2D eigenvalue weighted by Crippen LogP contribution is -3.16. The minimum atomic E-state index is -0.462. The molecule has 1 atom stereocenters. The summed E-state index contributed by atoms with van der Waals surface area (Å²) in [6.45, 7) is 4.12. The molecule has 22 heavy (non-hydrogen) atoms. The number of hydrogen-bond acceptors (Lipinski definition) is 2. The van der Waals surface area contributed by atoms with Gasteiger partial charge in [0, 0.05) is 11.3 Å². The molecule has 1 heterocycles. The Balaban J connectivity index is 1.93. The summed E-state index contributed by atoms with van der Waals surface area (Å²) in [5.74, 6) is -0.432. The van der Waals surface area contributed by atoms with Crippen molar-refractivity contribution in [3.63, 3.8) is 0 Å². The molecule has 120 valence electrons. The molecule has 5 nitrogen and oxygen atoms in total. The third kappa shape index (κ3) is 4.56. The molecule has 1 aromatic rings. The fraction of sp³-hybridized carbons (Fsp3) is 0.529. The van der Waals surface area contributed by atoms with Gasteiger partial charge in [-0.15, -0.1) is 0 Å². The first kappa shape index (κ1) is 16.5. The Morgan fingerprint density at radius 1 is 1.05 bits per heavy atom. The highest BCUT2D eigenvalue weighted by Crippen LogP contribution is 2.09. The summed E-state index contributed by atoms with van der Waals surface area (Å²) < 4.78 is 0. The zero-order chi connectivity index (χ0) is 15.9. The molecular weight excluding hydrogens is 278 g/mol. The van der Waals surface area contributed by atoms with Gasteiger partial charge in [-0.2, -0.15) is 0 Å². The number of amides is 2. The molecule has 0 radical (unpaired) electrons. The summed E-state index contributed by atoms with van der Waals surface area (Å²) in [6, 6.07) is 6.63. The SMILES string of the molecule is C[C@H](C(=O)Nc1ccc(C(N)=O)cc1)[NH+]1CCCCCCC1. The molecule has 1 aromatic carbocycles. The van der Waals surface area contributed by atoms with Crippen LogP contribution >= 0.6 is 0 Å². The van der Waals surface area contributed by atoms with Crippen molar-refractivity contribution in [2.24, 2.45) is 5.73 Å². The highest BCUT2D eigenvalue weighted by Gasteiger charge is 2.25. The molecular formula is C17H26N3O2+. The van der Waals surface area contributed by atoms with Crippen LogP contribution in [0.2, 0.25) is 0 Å². The van der Waals surface area contributed by atoms with Crippen molar-refractivity contribution in [3.8, 4) is 0 Å². The van der Waals surface area contributed by atoms with Crippen molar-refractivity contribution < 1.29 is 14.5 Å². The van der Waals surface area contributed by atoms with Crippen molar-refractivity contribution in [1.82, 2.24) is 0 Å². The minimum absolute atomic E-state index is 0.0300. The van der Waals surface area contributed by atoms with Crippen LogP contribution < -0.4 is 16.0 Å². The van der Waals surface area contributed by atoms with Gasteiger partial charge >= 0.3 is 0 Å². The van der Waals surface area contributed by atoms with Gasteiger partial charge in [0.25, 0.3) is 5.91 Å². The lowest BCUT2D eigenvalue weighted by Gasteiger charge is -2.26. The first-order valence-corrected chi connectivity index (χ1v) is 8.13. The van der Waals surface area contributed by atoms with Crippen LogP contribution in [0, 0.1) is 0 Å². The summed E-state index contributed by atoms with van der Waals surface area (Å²) in [5.41, 5.74) is 6.36. The van der Waals surface area contributed by atoms with E-state index in [1.54, 1.807) is 24.3 Å². The number of carbonyl (C=O) groups excluding carboxylic acids is 2. The lowest BCUT2D eigenvalue weighted by molar-refractivity contribution is -0.914. The van der Waals surface area contributed by atoms with E-state index in [-0.39, 0.29) is 11.9 Å². The number of nitrogens with one attached hydrogen (secondary N) is 2. The van der Waals surface area contributed by atoms with Gasteiger partial charge in [0.05, 0.1) is 13.1 Å². The predicted octanol–water partition coefficient (Wildman–Crippen LogP) is 0.961. The number of hydrogen-bond donors (Lipinski definition) is 3. The number of carbonyl (C=O) groups is 2. The molecule has 1 aliphatic heterocycles. The molecule has 5 heteroatoms. The monoisotopic (exact) mass is 304 g/mol. The van der Waals surface area contributed by atoms with E-state index in [1.165, 1.54) is 37.0 Å². The molecule has 0 bridgehead atoms. The molecule has 0 saturated carbocycles. The molecule has 0 aliphatic carbocycles. The predicted molar refractivity (Wildman–Crippen MR) is 86.8 cm³/mol. The van der Waals surface area contributed by atoms with Crippen LogP contribution in [0.4, 0.5) is 5.69 Å². The van der Waals surface area contributed by atoms with Crippen LogP contribution in [-0.2, 0) is 4.79 Å². The van der Waals surface area contributed by atoms with Crippen molar-refractivity contribution in [2.45, 2.75) is 45.1 Å². The van der Waals surface area contributed by atoms with E-state index in [0.29, 0.717) is 11.3 Å². The Bertz CT molecular complexity index is 505. The van der Waals surface area contributed by atoms with Crippen LogP contribution in [0.1, 0.15) is 49.4 Å². The van der Waals surface area contributed by atoms with Crippen LogP contribution in [0.3, 0.4) is 0 Å². The van der Waals surface area contributed by atoms with Gasteiger partial charge in [-0.1, -0.05) is 6.42 Å². The van der Waals surface area contributed by atoms with Gasteiger partial charge in [0.2, 0.25) is 5.91 Å². The molecule has 1 saturated heterocycles. The average Bonchev–Trinajstić information content (AvgIpc) is 2.47. The zero-order valence-electron chi connectivity index (χ0n) is 13.2. The van der Waals surface area contributed by atoms with E-state index in [2.05, 4.69) is 5.32 Å². The first-order chi connectivity index (χ1) is 10.6. The van der Waals surface area contributed by atoms with Crippen molar-refractivity contribution in [2.75, 3.05) is 18.4 Å². The normalized spacial score (nSPS) is 18.0. The summed E-state index contributed by atoms with van der Waals surface area (Å²) in [6.07, 6.45) is 6.25. The van der Waals surface area contributed by atoms with E-state index in [4.69, 9.17) is 5.73 Å². The third-order valence-corrected chi connectivity index (χ3v) is 4.44. The number of anilines is 1. The second-order valence-electron chi connectivity index (χ2n) is 6.08. The average molecular weight is 304 g/mol. The Morgan fingerprint density at radius 3 is 2.14 bits per heavy atom. The van der Waals surface area contributed by atoms with Crippen LogP contribution in [0.25, 0.3) is 0 Å². The number of likely N-dealkylation sites (tertiary alicyclic amines) is 1. The van der Waals surface area contributed by atoms with Crippen LogP contribution in [0.15, 0.2) is 24.3 Å². The molecule has 4 N–H and O–H groups in total. The van der Waals surface area contributed by atoms with Gasteiger partial charge in [0.15, 0.2) is 6.04 Å². The number of benzene rings is 1. The van der Waals surface area contributed by atoms with Crippen molar-refractivity contribution in [1.29, 1.82) is 0 Å². The van der Waals surface area contributed by atoms with Gasteiger partial charge in [-0.25, -0.2) is 0 Å². The number of primary amides is 1. The van der Waals surface area contributed by atoms with E-state index in [9.17, 15) is 9.59 Å². The molecule has 0 spiro atoms. The number of nitrogens with two attached hydrogens (primary N) is 1. The number of rotatable bonds is 4. The van der Waals surface area contributed by atoms with E-state index >= 15 is 0 Å². The Labute approximate surface area is 131 Å². The third-order valence-electron chi connectivity index (χ3n) is 4.44. The van der Waals surface area contributed by atoms with Crippen molar-refractivity contribution >= 4 is 17.5 Å². The topological polar surface area (TPSA) is 76.6 Å². The maximum atomic E-state index is 12.4. The second kappa shape index (κ2) is 7.94. The highest BCUT2D eigenvalue weighted by atomic mass is 16.2. The smallest absolute Gasteiger partial charge is 0.282 e. The maximum Gasteiger partial charge on any atom is 0.282 e. The van der Waals surface area contributed by atoms with Gasteiger partial charge < -0.3 is 16.0 Å². The molecule has 0 unspecified atom stereocenters. The summed E-state index contributed by atoms with van der Waals surface area (Å²) in [7, 11) is 0. The lowest BCUT2D eigenvalue weighted by atomic mass is 10.1. The highest BCUT2D eigenvalue weighted by molar-refractivity contribution is 5.95. The van der Waals surface area contributed by atoms with Gasteiger partial charge in [-0.05, 0) is 56.9 Å². The summed E-state index contributed by atoms with van der Waals surface area (Å²) in [5, 5.41) is 2.93. The standard InChI is InChI=1S/C17H25N3O2/c1-13(20-11-5-3-2-4-6-12-20)17(22)19-15-9-7-14(8-10-15)16(18)21/h7-10,13H,2-6,11-12H2,1H3,(H2,18,21)(H,19,22)/p+1/t13-/m1/s1. The fourth-order valence-corrected chi connectivity index (χ4v) is 2.95. The minimum Gasteiger partial charge on any atom is -0.366 e. The first-order valence-electron chi connectivity index (χ1n) is 8.13. The molecule has 0 aromatic heterocycles. The molecule has 1 aliphatic rings. The van der Waals surface area contributed by atoms with Crippen LogP contribution in [-0.4, -0.2) is 30.9 Å². The van der Waals surface area contributed by atoms with E-state index in [1.807, 2.05) is 6.92 Å². The van der Waals surface area contributed by atoms with Crippen LogP contribution in [0.5, 0.6) is 0 Å². The van der Waals surface area contributed by atoms with Gasteiger partial charge in [-0.3, -0.25) is 9.59 Å². The van der Waals surface area contributed by atoms with E-state index in [0.717, 1.165) is 13.1 Å². The Kier molecular flexibility index (Phi) is 5.95. The molecule has 1 fully saturated rings.